The van der Waals surface area contributed by atoms with Crippen LogP contribution in [0.2, 0.25) is 0 Å². The Labute approximate surface area is 112 Å². The number of nitrogens with one attached hydrogen (secondary N) is 1. The van der Waals surface area contributed by atoms with Crippen molar-refractivity contribution in [2.24, 2.45) is 0 Å². The van der Waals surface area contributed by atoms with Gasteiger partial charge in [-0.1, -0.05) is 19.1 Å². The first-order chi connectivity index (χ1) is 9.22. The fraction of sp³-hybridized carbons (Fsp3) is 0.267. The van der Waals surface area contributed by atoms with Crippen molar-refractivity contribution in [3.8, 4) is 5.75 Å². The predicted octanol–water partition coefficient (Wildman–Crippen LogP) is 2.78. The highest BCUT2D eigenvalue weighted by Gasteiger charge is 2.09. The van der Waals surface area contributed by atoms with Crippen LogP contribution in [0.15, 0.2) is 40.8 Å². The van der Waals surface area contributed by atoms with Crippen molar-refractivity contribution in [1.29, 1.82) is 0 Å². The van der Waals surface area contributed by atoms with E-state index in [1.807, 2.05) is 24.3 Å². The Morgan fingerprint density at radius 2 is 1.95 bits per heavy atom. The maximum Gasteiger partial charge on any atom is 0.286 e. The summed E-state index contributed by atoms with van der Waals surface area (Å²) in [5.41, 5.74) is 1.27. The van der Waals surface area contributed by atoms with Crippen LogP contribution in [0.4, 0.5) is 0 Å². The molecular weight excluding hydrogens is 242 g/mol. The molecule has 0 atom stereocenters. The predicted molar refractivity (Wildman–Crippen MR) is 72.3 cm³/mol. The molecule has 1 aromatic heterocycles. The molecule has 19 heavy (non-hydrogen) atoms. The highest BCUT2D eigenvalue weighted by Crippen LogP contribution is 2.15. The lowest BCUT2D eigenvalue weighted by atomic mass is 10.2. The van der Waals surface area contributed by atoms with E-state index in [9.17, 15) is 4.79 Å². The second-order valence-electron chi connectivity index (χ2n) is 4.13. The minimum absolute atomic E-state index is 0.237. The summed E-state index contributed by atoms with van der Waals surface area (Å²) in [5, 5.41) is 2.51. The maximum absolute atomic E-state index is 11.3. The molecule has 2 rings (SSSR count). The smallest absolute Gasteiger partial charge is 0.286 e. The largest absolute Gasteiger partial charge is 0.486 e. The Morgan fingerprint density at radius 3 is 2.58 bits per heavy atom. The summed E-state index contributed by atoms with van der Waals surface area (Å²) in [6, 6.07) is 11.3. The van der Waals surface area contributed by atoms with Crippen LogP contribution < -0.4 is 10.1 Å². The lowest BCUT2D eigenvalue weighted by Gasteiger charge is -2.04. The van der Waals surface area contributed by atoms with Crippen LogP contribution in [-0.4, -0.2) is 13.0 Å². The number of aryl methyl sites for hydroxylation is 1. The molecule has 0 aliphatic carbocycles. The number of carbonyl (C=O) groups excluding carboxylic acids is 1. The summed E-state index contributed by atoms with van der Waals surface area (Å²) in [6.07, 6.45) is 1.01. The van der Waals surface area contributed by atoms with Crippen LogP contribution in [0, 0.1) is 0 Å². The molecule has 0 saturated carbocycles. The first kappa shape index (κ1) is 13.2. The molecule has 0 bridgehead atoms. The van der Waals surface area contributed by atoms with Crippen LogP contribution in [0.5, 0.6) is 5.75 Å². The van der Waals surface area contributed by atoms with E-state index in [1.165, 1.54) is 5.56 Å². The zero-order valence-electron chi connectivity index (χ0n) is 11.1. The van der Waals surface area contributed by atoms with E-state index in [2.05, 4.69) is 12.2 Å². The van der Waals surface area contributed by atoms with Gasteiger partial charge in [-0.25, -0.2) is 0 Å². The number of benzene rings is 1. The first-order valence-corrected chi connectivity index (χ1v) is 6.25. The zero-order chi connectivity index (χ0) is 13.7. The molecule has 1 N–H and O–H groups in total. The second-order valence-corrected chi connectivity index (χ2v) is 4.13. The van der Waals surface area contributed by atoms with E-state index in [0.717, 1.165) is 12.2 Å². The number of hydrogen-bond acceptors (Lipinski definition) is 3. The molecule has 4 heteroatoms. The molecule has 2 aromatic rings. The second kappa shape index (κ2) is 6.09. The van der Waals surface area contributed by atoms with Gasteiger partial charge in [-0.2, -0.15) is 0 Å². The van der Waals surface area contributed by atoms with Crippen LogP contribution >= 0.6 is 0 Å². The number of rotatable bonds is 5. The standard InChI is InChI=1S/C15H17NO3/c1-3-11-4-6-12(7-5-11)18-10-13-8-9-14(19-13)15(17)16-2/h4-9H,3,10H2,1-2H3,(H,16,17). The average Bonchev–Trinajstić information content (AvgIpc) is 2.93. The van der Waals surface area contributed by atoms with Crippen molar-refractivity contribution >= 4 is 5.91 Å². The van der Waals surface area contributed by atoms with Crippen LogP contribution in [-0.2, 0) is 13.0 Å². The zero-order valence-corrected chi connectivity index (χ0v) is 11.1. The number of ether oxygens (including phenoxy) is 1. The number of furan rings is 1. The number of hydrogen-bond donors (Lipinski definition) is 1. The summed E-state index contributed by atoms with van der Waals surface area (Å²) in [4.78, 5) is 11.3. The van der Waals surface area contributed by atoms with Crippen molar-refractivity contribution in [1.82, 2.24) is 5.32 Å². The van der Waals surface area contributed by atoms with Crippen LogP contribution in [0.3, 0.4) is 0 Å². The third-order valence-electron chi connectivity index (χ3n) is 2.83. The average molecular weight is 259 g/mol. The van der Waals surface area contributed by atoms with E-state index in [4.69, 9.17) is 9.15 Å². The van der Waals surface area contributed by atoms with E-state index < -0.39 is 0 Å². The highest BCUT2D eigenvalue weighted by molar-refractivity contribution is 5.91. The summed E-state index contributed by atoms with van der Waals surface area (Å²) in [7, 11) is 1.57. The summed E-state index contributed by atoms with van der Waals surface area (Å²) in [5.74, 6) is 1.47. The molecule has 0 aliphatic rings. The first-order valence-electron chi connectivity index (χ1n) is 6.25. The SMILES string of the molecule is CCc1ccc(OCc2ccc(C(=O)NC)o2)cc1. The van der Waals surface area contributed by atoms with E-state index in [-0.39, 0.29) is 5.91 Å². The number of carbonyl (C=O) groups is 1. The Hall–Kier alpha value is -2.23. The third kappa shape index (κ3) is 3.37. The van der Waals surface area contributed by atoms with Gasteiger partial charge in [0.05, 0.1) is 0 Å². The van der Waals surface area contributed by atoms with Crippen LogP contribution in [0.1, 0.15) is 28.8 Å². The van der Waals surface area contributed by atoms with E-state index >= 15 is 0 Å². The Bertz CT molecular complexity index is 543. The normalized spacial score (nSPS) is 10.2. The van der Waals surface area contributed by atoms with Crippen molar-refractivity contribution in [2.75, 3.05) is 7.05 Å². The van der Waals surface area contributed by atoms with Gasteiger partial charge in [0.2, 0.25) is 0 Å². The third-order valence-corrected chi connectivity index (χ3v) is 2.83. The molecule has 0 saturated heterocycles. The molecule has 1 amide bonds. The molecule has 4 nitrogen and oxygen atoms in total. The van der Waals surface area contributed by atoms with Gasteiger partial charge in [0, 0.05) is 7.05 Å². The minimum Gasteiger partial charge on any atom is -0.486 e. The molecule has 0 radical (unpaired) electrons. The molecule has 1 heterocycles. The summed E-state index contributed by atoms with van der Waals surface area (Å²) in [6.45, 7) is 2.42. The molecule has 0 aliphatic heterocycles. The molecule has 1 aromatic carbocycles. The molecule has 100 valence electrons. The Balaban J connectivity index is 1.94. The van der Waals surface area contributed by atoms with Gasteiger partial charge in [-0.05, 0) is 36.2 Å². The molecule has 0 fully saturated rings. The monoisotopic (exact) mass is 259 g/mol. The highest BCUT2D eigenvalue weighted by atomic mass is 16.5. The Kier molecular flexibility index (Phi) is 4.23. The van der Waals surface area contributed by atoms with Crippen molar-refractivity contribution in [3.05, 3.63) is 53.5 Å². The van der Waals surface area contributed by atoms with Crippen molar-refractivity contribution in [2.45, 2.75) is 20.0 Å². The van der Waals surface area contributed by atoms with Gasteiger partial charge < -0.3 is 14.5 Å². The molecule has 0 spiro atoms. The van der Waals surface area contributed by atoms with Gasteiger partial charge >= 0.3 is 0 Å². The fourth-order valence-corrected chi connectivity index (χ4v) is 1.68. The van der Waals surface area contributed by atoms with Gasteiger partial charge in [-0.3, -0.25) is 4.79 Å². The van der Waals surface area contributed by atoms with Gasteiger partial charge in [-0.15, -0.1) is 0 Å². The van der Waals surface area contributed by atoms with Crippen LogP contribution in [0.25, 0.3) is 0 Å². The Morgan fingerprint density at radius 1 is 1.21 bits per heavy atom. The summed E-state index contributed by atoms with van der Waals surface area (Å²) >= 11 is 0. The lowest BCUT2D eigenvalue weighted by molar-refractivity contribution is 0.0931. The summed E-state index contributed by atoms with van der Waals surface area (Å²) < 4.78 is 11.0. The van der Waals surface area contributed by atoms with E-state index in [0.29, 0.717) is 18.1 Å². The maximum atomic E-state index is 11.3. The molecular formula is C15H17NO3. The van der Waals surface area contributed by atoms with E-state index in [1.54, 1.807) is 19.2 Å². The van der Waals surface area contributed by atoms with Gasteiger partial charge in [0.25, 0.3) is 5.91 Å². The van der Waals surface area contributed by atoms with Crippen molar-refractivity contribution < 1.29 is 13.9 Å². The van der Waals surface area contributed by atoms with Gasteiger partial charge in [0.1, 0.15) is 18.1 Å². The fourth-order valence-electron chi connectivity index (χ4n) is 1.68. The lowest BCUT2D eigenvalue weighted by Crippen LogP contribution is -2.16. The van der Waals surface area contributed by atoms with Gasteiger partial charge in [0.15, 0.2) is 5.76 Å². The minimum atomic E-state index is -0.237. The van der Waals surface area contributed by atoms with Crippen molar-refractivity contribution in [3.63, 3.8) is 0 Å². The topological polar surface area (TPSA) is 51.5 Å². The quantitative estimate of drug-likeness (QED) is 0.898. The molecule has 0 unspecified atom stereocenters. The number of amides is 1.